The van der Waals surface area contributed by atoms with Crippen LogP contribution in [0.15, 0.2) is 42.5 Å². The second kappa shape index (κ2) is 8.78. The van der Waals surface area contributed by atoms with Crippen LogP contribution < -0.4 is 14.8 Å². The molecule has 1 unspecified atom stereocenters. The average molecular weight is 385 g/mol. The molecule has 0 aliphatic rings. The monoisotopic (exact) mass is 385 g/mol. The molecular weight excluding hydrogens is 358 g/mol. The van der Waals surface area contributed by atoms with Crippen molar-refractivity contribution in [3.05, 3.63) is 53.6 Å². The predicted molar refractivity (Wildman–Crippen MR) is 108 cm³/mol. The fraction of sp³-hybridized carbons (Fsp3) is 0.364. The first kappa shape index (κ1) is 21.3. The van der Waals surface area contributed by atoms with E-state index in [1.165, 1.54) is 0 Å². The number of carboxylic acids is 1. The molecule has 2 rings (SSSR count). The highest BCUT2D eigenvalue weighted by atomic mass is 16.5. The highest BCUT2D eigenvalue weighted by Gasteiger charge is 2.29. The van der Waals surface area contributed by atoms with Crippen LogP contribution in [0.25, 0.3) is 0 Å². The third kappa shape index (κ3) is 4.82. The number of hydrogen-bond donors (Lipinski definition) is 2. The van der Waals surface area contributed by atoms with Gasteiger partial charge in [-0.1, -0.05) is 25.1 Å². The van der Waals surface area contributed by atoms with E-state index in [2.05, 4.69) is 5.32 Å². The number of carbonyl (C=O) groups is 2. The first-order chi connectivity index (χ1) is 13.2. The normalized spacial score (nSPS) is 12.2. The van der Waals surface area contributed by atoms with Crippen molar-refractivity contribution in [1.29, 1.82) is 0 Å². The van der Waals surface area contributed by atoms with Gasteiger partial charge >= 0.3 is 5.97 Å². The van der Waals surface area contributed by atoms with Gasteiger partial charge in [0.15, 0.2) is 11.5 Å². The summed E-state index contributed by atoms with van der Waals surface area (Å²) in [6, 6.07) is 12.5. The maximum absolute atomic E-state index is 12.5. The lowest BCUT2D eigenvalue weighted by Gasteiger charge is -2.20. The minimum absolute atomic E-state index is 0.111. The number of methoxy groups -OCH3 is 2. The summed E-state index contributed by atoms with van der Waals surface area (Å²) in [5, 5.41) is 12.2. The Morgan fingerprint density at radius 2 is 1.64 bits per heavy atom. The quantitative estimate of drug-likeness (QED) is 0.720. The molecule has 0 fully saturated rings. The molecular formula is C22H27NO5. The summed E-state index contributed by atoms with van der Waals surface area (Å²) in [4.78, 5) is 23.9. The van der Waals surface area contributed by atoms with Crippen LogP contribution in [-0.4, -0.2) is 31.2 Å². The van der Waals surface area contributed by atoms with Crippen LogP contribution in [0.3, 0.4) is 0 Å². The molecule has 0 aromatic heterocycles. The largest absolute Gasteiger partial charge is 0.493 e. The van der Waals surface area contributed by atoms with Crippen LogP contribution in [0, 0.1) is 5.92 Å². The number of carbonyl (C=O) groups excluding carboxylic acids is 1. The van der Waals surface area contributed by atoms with Crippen molar-refractivity contribution in [3.63, 3.8) is 0 Å². The Bertz CT molecular complexity index is 843. The van der Waals surface area contributed by atoms with Crippen LogP contribution in [0.5, 0.6) is 11.5 Å². The van der Waals surface area contributed by atoms with E-state index in [1.54, 1.807) is 52.3 Å². The van der Waals surface area contributed by atoms with E-state index in [0.717, 1.165) is 5.56 Å². The topological polar surface area (TPSA) is 84.9 Å². The number of rotatable bonds is 8. The maximum atomic E-state index is 12.5. The van der Waals surface area contributed by atoms with Crippen molar-refractivity contribution in [3.8, 4) is 11.5 Å². The molecule has 6 heteroatoms. The Hall–Kier alpha value is -3.02. The first-order valence-corrected chi connectivity index (χ1v) is 9.04. The molecule has 0 bridgehead atoms. The molecule has 1 atom stereocenters. The zero-order valence-corrected chi connectivity index (χ0v) is 16.9. The molecule has 150 valence electrons. The Kier molecular flexibility index (Phi) is 6.67. The Morgan fingerprint density at radius 1 is 1.04 bits per heavy atom. The summed E-state index contributed by atoms with van der Waals surface area (Å²) in [5.41, 5.74) is 1.30. The molecule has 2 N–H and O–H groups in total. The van der Waals surface area contributed by atoms with Crippen LogP contribution in [-0.2, 0) is 21.4 Å². The van der Waals surface area contributed by atoms with Crippen LogP contribution >= 0.6 is 0 Å². The third-order valence-electron chi connectivity index (χ3n) is 4.85. The molecule has 0 saturated heterocycles. The van der Waals surface area contributed by atoms with Crippen molar-refractivity contribution in [2.24, 2.45) is 5.92 Å². The number of hydrogen-bond acceptors (Lipinski definition) is 4. The van der Waals surface area contributed by atoms with Gasteiger partial charge in [-0.15, -0.1) is 0 Å². The second-order valence-corrected chi connectivity index (χ2v) is 7.29. The number of nitrogens with one attached hydrogen (secondary N) is 1. The fourth-order valence-corrected chi connectivity index (χ4v) is 2.81. The van der Waals surface area contributed by atoms with Gasteiger partial charge in [-0.05, 0) is 55.7 Å². The van der Waals surface area contributed by atoms with E-state index in [1.807, 2.05) is 25.1 Å². The molecule has 6 nitrogen and oxygen atoms in total. The lowest BCUT2D eigenvalue weighted by atomic mass is 9.85. The van der Waals surface area contributed by atoms with Gasteiger partial charge in [-0.3, -0.25) is 9.59 Å². The van der Waals surface area contributed by atoms with Gasteiger partial charge in [0.1, 0.15) is 0 Å². The lowest BCUT2D eigenvalue weighted by molar-refractivity contribution is -0.142. The summed E-state index contributed by atoms with van der Waals surface area (Å²) in [5.74, 6) is 0.0121. The molecule has 2 aromatic rings. The second-order valence-electron chi connectivity index (χ2n) is 7.29. The average Bonchev–Trinajstić information content (AvgIpc) is 2.68. The Morgan fingerprint density at radius 3 is 2.18 bits per heavy atom. The molecule has 0 radical (unpaired) electrons. The highest BCUT2D eigenvalue weighted by molar-refractivity contribution is 5.92. The van der Waals surface area contributed by atoms with Gasteiger partial charge < -0.3 is 19.9 Å². The van der Waals surface area contributed by atoms with Crippen LogP contribution in [0.2, 0.25) is 0 Å². The van der Waals surface area contributed by atoms with Crippen molar-refractivity contribution in [1.82, 2.24) is 0 Å². The molecule has 0 saturated carbocycles. The number of benzene rings is 2. The first-order valence-electron chi connectivity index (χ1n) is 9.04. The minimum atomic E-state index is -0.983. The summed E-state index contributed by atoms with van der Waals surface area (Å²) in [7, 11) is 3.16. The smallest absolute Gasteiger partial charge is 0.313 e. The van der Waals surface area contributed by atoms with Gasteiger partial charge in [0.05, 0.1) is 19.6 Å². The number of anilines is 1. The van der Waals surface area contributed by atoms with Crippen molar-refractivity contribution >= 4 is 17.6 Å². The van der Waals surface area contributed by atoms with Crippen molar-refractivity contribution < 1.29 is 24.2 Å². The van der Waals surface area contributed by atoms with E-state index >= 15 is 0 Å². The van der Waals surface area contributed by atoms with Crippen LogP contribution in [0.1, 0.15) is 31.9 Å². The standard InChI is InChI=1S/C22H27NO5/c1-14(12-15-6-11-18(27-4)19(13-15)28-5)20(24)23-17-9-7-16(8-10-17)22(2,3)21(25)26/h6-11,13-14H,12H2,1-5H3,(H,23,24)(H,25,26). The van der Waals surface area contributed by atoms with E-state index in [4.69, 9.17) is 9.47 Å². The molecule has 0 aliphatic heterocycles. The van der Waals surface area contributed by atoms with Crippen LogP contribution in [0.4, 0.5) is 5.69 Å². The molecule has 28 heavy (non-hydrogen) atoms. The zero-order chi connectivity index (χ0) is 20.9. The molecule has 0 heterocycles. The SMILES string of the molecule is COc1ccc(CC(C)C(=O)Nc2ccc(C(C)(C)C(=O)O)cc2)cc1OC. The van der Waals surface area contributed by atoms with E-state index in [0.29, 0.717) is 29.2 Å². The van der Waals surface area contributed by atoms with Gasteiger partial charge in [0.25, 0.3) is 0 Å². The summed E-state index contributed by atoms with van der Waals surface area (Å²) in [6.07, 6.45) is 0.552. The summed E-state index contributed by atoms with van der Waals surface area (Å²) in [6.45, 7) is 5.15. The van der Waals surface area contributed by atoms with Gasteiger partial charge in [0.2, 0.25) is 5.91 Å². The van der Waals surface area contributed by atoms with Gasteiger partial charge in [-0.2, -0.15) is 0 Å². The highest BCUT2D eigenvalue weighted by Crippen LogP contribution is 2.29. The maximum Gasteiger partial charge on any atom is 0.313 e. The number of ether oxygens (including phenoxy) is 2. The molecule has 1 amide bonds. The van der Waals surface area contributed by atoms with Crippen molar-refractivity contribution in [2.45, 2.75) is 32.6 Å². The number of aliphatic carboxylic acids is 1. The Labute approximate surface area is 165 Å². The number of amides is 1. The summed E-state index contributed by atoms with van der Waals surface area (Å²) >= 11 is 0. The predicted octanol–water partition coefficient (Wildman–Crippen LogP) is 3.88. The van der Waals surface area contributed by atoms with Crippen molar-refractivity contribution in [2.75, 3.05) is 19.5 Å². The Balaban J connectivity index is 2.03. The third-order valence-corrected chi connectivity index (χ3v) is 4.85. The summed E-state index contributed by atoms with van der Waals surface area (Å²) < 4.78 is 10.5. The molecule has 2 aromatic carbocycles. The fourth-order valence-electron chi connectivity index (χ4n) is 2.81. The van der Waals surface area contributed by atoms with E-state index < -0.39 is 11.4 Å². The zero-order valence-electron chi connectivity index (χ0n) is 16.9. The van der Waals surface area contributed by atoms with Gasteiger partial charge in [0, 0.05) is 11.6 Å². The van der Waals surface area contributed by atoms with E-state index in [-0.39, 0.29) is 11.8 Å². The lowest BCUT2D eigenvalue weighted by Crippen LogP contribution is -2.28. The van der Waals surface area contributed by atoms with E-state index in [9.17, 15) is 14.7 Å². The molecule has 0 spiro atoms. The molecule has 0 aliphatic carbocycles. The number of carboxylic acid groups (broad SMARTS) is 1. The minimum Gasteiger partial charge on any atom is -0.493 e. The van der Waals surface area contributed by atoms with Gasteiger partial charge in [-0.25, -0.2) is 0 Å².